The van der Waals surface area contributed by atoms with E-state index in [1.54, 1.807) is 18.2 Å². The Morgan fingerprint density at radius 2 is 1.66 bits per heavy atom. The van der Waals surface area contributed by atoms with Crippen molar-refractivity contribution in [3.8, 4) is 22.5 Å². The van der Waals surface area contributed by atoms with Crippen LogP contribution in [-0.4, -0.2) is 50.0 Å². The topological polar surface area (TPSA) is 117 Å². The van der Waals surface area contributed by atoms with Gasteiger partial charge in [-0.05, 0) is 51.0 Å². The molecule has 0 bridgehead atoms. The Kier molecular flexibility index (Phi) is 9.30. The number of Topliss-reactive ketones (excluding diaryl/α,β-unsaturated/α-hetero) is 1. The molecule has 9 heteroatoms. The molecule has 0 aliphatic rings. The lowest BCUT2D eigenvalue weighted by molar-refractivity contribution is 0.0952. The van der Waals surface area contributed by atoms with E-state index >= 15 is 0 Å². The molecule has 0 atom stereocenters. The second-order valence-electron chi connectivity index (χ2n) is 9.96. The van der Waals surface area contributed by atoms with Crippen molar-refractivity contribution in [2.45, 2.75) is 40.5 Å². The van der Waals surface area contributed by atoms with Gasteiger partial charge in [-0.15, -0.1) is 0 Å². The van der Waals surface area contributed by atoms with E-state index in [0.717, 1.165) is 46.4 Å². The van der Waals surface area contributed by atoms with Gasteiger partial charge in [0.25, 0.3) is 16.0 Å². The Morgan fingerprint density at radius 1 is 0.951 bits per heavy atom. The van der Waals surface area contributed by atoms with Crippen LogP contribution in [0.1, 0.15) is 59.9 Å². The molecule has 0 unspecified atom stereocenters. The molecule has 0 saturated heterocycles. The Morgan fingerprint density at radius 3 is 2.29 bits per heavy atom. The molecule has 1 aromatic heterocycles. The van der Waals surface area contributed by atoms with E-state index in [2.05, 4.69) is 24.1 Å². The number of hydrogen-bond donors (Lipinski definition) is 2. The van der Waals surface area contributed by atoms with Crippen LogP contribution >= 0.6 is 0 Å². The van der Waals surface area contributed by atoms with Gasteiger partial charge in [0.1, 0.15) is 11.3 Å². The molecule has 0 radical (unpaired) electrons. The van der Waals surface area contributed by atoms with Crippen LogP contribution in [0.4, 0.5) is 5.69 Å². The third-order valence-electron chi connectivity index (χ3n) is 7.12. The van der Waals surface area contributed by atoms with Crippen LogP contribution in [0.2, 0.25) is 0 Å². The summed E-state index contributed by atoms with van der Waals surface area (Å²) in [5.74, 6) is -0.236. The molecule has 0 saturated carbocycles. The van der Waals surface area contributed by atoms with E-state index in [-0.39, 0.29) is 24.7 Å². The normalized spacial score (nSPS) is 11.5. The van der Waals surface area contributed by atoms with Crippen LogP contribution in [0.3, 0.4) is 0 Å². The summed E-state index contributed by atoms with van der Waals surface area (Å²) in [6.07, 6.45) is 0.430. The van der Waals surface area contributed by atoms with Crippen LogP contribution in [0.15, 0.2) is 65.1 Å². The van der Waals surface area contributed by atoms with Gasteiger partial charge in [-0.2, -0.15) is 8.42 Å². The van der Waals surface area contributed by atoms with Crippen molar-refractivity contribution in [1.82, 2.24) is 5.32 Å². The van der Waals surface area contributed by atoms with E-state index in [9.17, 15) is 18.0 Å². The van der Waals surface area contributed by atoms with Crippen LogP contribution in [0.25, 0.3) is 33.4 Å². The summed E-state index contributed by atoms with van der Waals surface area (Å²) in [7, 11) is -4.08. The first-order chi connectivity index (χ1) is 19.6. The molecule has 3 aromatic carbocycles. The van der Waals surface area contributed by atoms with Crippen molar-refractivity contribution in [2.75, 3.05) is 30.3 Å². The van der Waals surface area contributed by atoms with Crippen molar-refractivity contribution < 1.29 is 27.0 Å². The van der Waals surface area contributed by atoms with Crippen LogP contribution in [-0.2, 0) is 10.1 Å². The van der Waals surface area contributed by atoms with Crippen molar-refractivity contribution in [2.24, 2.45) is 0 Å². The largest absolute Gasteiger partial charge is 0.455 e. The quantitative estimate of drug-likeness (QED) is 0.112. The summed E-state index contributed by atoms with van der Waals surface area (Å²) in [5, 5.41) is 3.43. The molecule has 4 aromatic rings. The van der Waals surface area contributed by atoms with Gasteiger partial charge < -0.3 is 14.6 Å². The van der Waals surface area contributed by atoms with Crippen LogP contribution in [0, 0.1) is 6.92 Å². The number of anilines is 1. The molecule has 216 valence electrons. The number of nitrogens with zero attached hydrogens (tertiary/aromatic N) is 1. The lowest BCUT2D eigenvalue weighted by atomic mass is 9.95. The molecule has 0 spiro atoms. The summed E-state index contributed by atoms with van der Waals surface area (Å²) < 4.78 is 37.2. The van der Waals surface area contributed by atoms with Crippen molar-refractivity contribution in [3.05, 3.63) is 77.4 Å². The SMILES string of the molecule is CCC(=O)c1c(-c2ccc(C)cc2)oc2cc(N(CC)CC)c(-c3cccc(C(=O)NCCCS(=O)(=O)O)c3)cc12. The van der Waals surface area contributed by atoms with Crippen LogP contribution < -0.4 is 10.2 Å². The minimum Gasteiger partial charge on any atom is -0.455 e. The standard InChI is InChI=1S/C32H36N2O6S/c1-5-28(35)30-26-19-25(23-10-8-11-24(18-23)32(36)33-16-9-17-41(37,38)39)27(34(6-2)7-3)20-29(26)40-31(30)22-14-12-21(4)13-15-22/h8,10-15,18-20H,5-7,9,16-17H2,1-4H3,(H,33,36)(H,37,38,39). The zero-order chi connectivity index (χ0) is 29.7. The zero-order valence-electron chi connectivity index (χ0n) is 23.9. The Labute approximate surface area is 241 Å². The number of rotatable bonds is 12. The van der Waals surface area contributed by atoms with Gasteiger partial charge in [0, 0.05) is 59.9 Å². The van der Waals surface area contributed by atoms with Gasteiger partial charge in [0.15, 0.2) is 5.78 Å². The van der Waals surface area contributed by atoms with E-state index < -0.39 is 15.9 Å². The zero-order valence-corrected chi connectivity index (χ0v) is 24.7. The molecule has 8 nitrogen and oxygen atoms in total. The molecule has 1 heterocycles. The summed E-state index contributed by atoms with van der Waals surface area (Å²) in [6.45, 7) is 9.59. The highest BCUT2D eigenvalue weighted by Gasteiger charge is 2.24. The fourth-order valence-corrected chi connectivity index (χ4v) is 5.45. The number of hydrogen-bond acceptors (Lipinski definition) is 6. The smallest absolute Gasteiger partial charge is 0.264 e. The number of nitrogens with one attached hydrogen (secondary N) is 1. The van der Waals surface area contributed by atoms with Gasteiger partial charge in [0.05, 0.1) is 11.3 Å². The molecular weight excluding hydrogens is 540 g/mol. The fraction of sp³-hybridized carbons (Fsp3) is 0.312. The first kappa shape index (κ1) is 30.0. The van der Waals surface area contributed by atoms with Gasteiger partial charge >= 0.3 is 0 Å². The van der Waals surface area contributed by atoms with Gasteiger partial charge in [0.2, 0.25) is 0 Å². The summed E-state index contributed by atoms with van der Waals surface area (Å²) in [5.41, 5.74) is 6.12. The van der Waals surface area contributed by atoms with E-state index in [4.69, 9.17) is 8.97 Å². The molecule has 41 heavy (non-hydrogen) atoms. The average Bonchev–Trinajstić information content (AvgIpc) is 3.33. The Bertz CT molecular complexity index is 1670. The summed E-state index contributed by atoms with van der Waals surface area (Å²) in [4.78, 5) is 28.4. The monoisotopic (exact) mass is 576 g/mol. The lowest BCUT2D eigenvalue weighted by Gasteiger charge is -2.24. The first-order valence-electron chi connectivity index (χ1n) is 13.9. The van der Waals surface area contributed by atoms with E-state index in [1.165, 1.54) is 0 Å². The Hall–Kier alpha value is -3.95. The van der Waals surface area contributed by atoms with E-state index in [0.29, 0.717) is 28.9 Å². The predicted molar refractivity (Wildman–Crippen MR) is 163 cm³/mol. The maximum atomic E-state index is 13.3. The highest BCUT2D eigenvalue weighted by Crippen LogP contribution is 2.41. The molecule has 0 aliphatic heterocycles. The number of carbonyl (C=O) groups is 2. The van der Waals surface area contributed by atoms with Crippen molar-refractivity contribution >= 4 is 38.5 Å². The number of furan rings is 1. The number of benzene rings is 3. The average molecular weight is 577 g/mol. The number of aryl methyl sites for hydroxylation is 1. The Balaban J connectivity index is 1.83. The molecular formula is C32H36N2O6S. The number of carbonyl (C=O) groups excluding carboxylic acids is 2. The minimum absolute atomic E-state index is 0.0149. The second-order valence-corrected chi connectivity index (χ2v) is 11.5. The molecule has 0 aliphatic carbocycles. The van der Waals surface area contributed by atoms with Crippen molar-refractivity contribution in [3.63, 3.8) is 0 Å². The van der Waals surface area contributed by atoms with Crippen LogP contribution in [0.5, 0.6) is 0 Å². The van der Waals surface area contributed by atoms with Gasteiger partial charge in [-0.25, -0.2) is 0 Å². The second kappa shape index (κ2) is 12.7. The van der Waals surface area contributed by atoms with Gasteiger partial charge in [-0.1, -0.05) is 48.9 Å². The number of ketones is 1. The molecule has 4 rings (SSSR count). The minimum atomic E-state index is -4.08. The maximum Gasteiger partial charge on any atom is 0.264 e. The predicted octanol–water partition coefficient (Wildman–Crippen LogP) is 6.52. The van der Waals surface area contributed by atoms with Gasteiger partial charge in [-0.3, -0.25) is 14.1 Å². The third-order valence-corrected chi connectivity index (χ3v) is 7.93. The number of amides is 1. The molecule has 1 amide bonds. The van der Waals surface area contributed by atoms with Crippen molar-refractivity contribution in [1.29, 1.82) is 0 Å². The highest BCUT2D eigenvalue weighted by molar-refractivity contribution is 7.85. The summed E-state index contributed by atoms with van der Waals surface area (Å²) >= 11 is 0. The summed E-state index contributed by atoms with van der Waals surface area (Å²) in [6, 6.07) is 19.1. The highest BCUT2D eigenvalue weighted by atomic mass is 32.2. The third kappa shape index (κ3) is 6.86. The lowest BCUT2D eigenvalue weighted by Crippen LogP contribution is -2.26. The number of fused-ring (bicyclic) bond motifs is 1. The molecule has 0 fully saturated rings. The van der Waals surface area contributed by atoms with E-state index in [1.807, 2.05) is 56.3 Å². The first-order valence-corrected chi connectivity index (χ1v) is 15.5. The molecule has 2 N–H and O–H groups in total. The fourth-order valence-electron chi connectivity index (χ4n) is 4.94. The maximum absolute atomic E-state index is 13.3.